The zero-order valence-electron chi connectivity index (χ0n) is 15.8. The zero-order chi connectivity index (χ0) is 19.9. The number of carboxylic acid groups (broad SMARTS) is 1. The summed E-state index contributed by atoms with van der Waals surface area (Å²) in [7, 11) is 1.65. The Bertz CT molecular complexity index is 1060. The minimum Gasteiger partial charge on any atom is -0.496 e. The predicted molar refractivity (Wildman–Crippen MR) is 112 cm³/mol. The van der Waals surface area contributed by atoms with E-state index in [-0.39, 0.29) is 5.56 Å². The van der Waals surface area contributed by atoms with Crippen LogP contribution in [0, 0.1) is 18.8 Å². The van der Waals surface area contributed by atoms with Crippen molar-refractivity contribution < 1.29 is 14.6 Å². The Balaban J connectivity index is 1.89. The first kappa shape index (κ1) is 19.0. The summed E-state index contributed by atoms with van der Waals surface area (Å²) in [5.74, 6) is 5.85. The van der Waals surface area contributed by atoms with Gasteiger partial charge >= 0.3 is 5.97 Å². The van der Waals surface area contributed by atoms with Gasteiger partial charge in [-0.05, 0) is 60.5 Å². The molecule has 28 heavy (non-hydrogen) atoms. The smallest absolute Gasteiger partial charge is 0.335 e. The van der Waals surface area contributed by atoms with E-state index in [0.717, 1.165) is 28.0 Å². The highest BCUT2D eigenvalue weighted by Crippen LogP contribution is 2.32. The molecule has 0 bridgehead atoms. The molecule has 0 unspecified atom stereocenters. The topological polar surface area (TPSA) is 46.5 Å². The lowest BCUT2D eigenvalue weighted by molar-refractivity contribution is 0.0697. The second-order valence-corrected chi connectivity index (χ2v) is 6.27. The van der Waals surface area contributed by atoms with E-state index in [9.17, 15) is 4.79 Å². The van der Waals surface area contributed by atoms with Crippen molar-refractivity contribution in [1.29, 1.82) is 0 Å². The van der Waals surface area contributed by atoms with E-state index in [1.54, 1.807) is 37.5 Å². The molecule has 0 aliphatic carbocycles. The van der Waals surface area contributed by atoms with Crippen LogP contribution in [0.2, 0.25) is 0 Å². The SMILES string of the molecule is COc1cccc(-c2ccc(C)cc2)c1C=CC#Cc1ccc(C(=O)O)cc1. The Hall–Kier alpha value is -3.77. The molecule has 0 saturated carbocycles. The third-order valence-electron chi connectivity index (χ3n) is 4.33. The fourth-order valence-electron chi connectivity index (χ4n) is 2.82. The van der Waals surface area contributed by atoms with Gasteiger partial charge in [0, 0.05) is 11.1 Å². The van der Waals surface area contributed by atoms with Crippen LogP contribution in [0.1, 0.15) is 27.0 Å². The van der Waals surface area contributed by atoms with Crippen LogP contribution in [0.4, 0.5) is 0 Å². The number of allylic oxidation sites excluding steroid dienone is 1. The molecule has 3 rings (SSSR count). The number of rotatable bonds is 4. The maximum absolute atomic E-state index is 10.9. The molecule has 1 N–H and O–H groups in total. The average molecular weight is 368 g/mol. The van der Waals surface area contributed by atoms with E-state index in [2.05, 4.69) is 49.1 Å². The van der Waals surface area contributed by atoms with Gasteiger partial charge in [0.25, 0.3) is 0 Å². The third-order valence-corrected chi connectivity index (χ3v) is 4.33. The summed E-state index contributed by atoms with van der Waals surface area (Å²) in [6, 6.07) is 20.8. The summed E-state index contributed by atoms with van der Waals surface area (Å²) in [6.07, 6.45) is 3.72. The van der Waals surface area contributed by atoms with Crippen LogP contribution in [-0.2, 0) is 0 Å². The van der Waals surface area contributed by atoms with Crippen molar-refractivity contribution >= 4 is 12.0 Å². The highest BCUT2D eigenvalue weighted by molar-refractivity contribution is 5.87. The van der Waals surface area contributed by atoms with Crippen LogP contribution in [0.15, 0.2) is 72.8 Å². The summed E-state index contributed by atoms with van der Waals surface area (Å²) >= 11 is 0. The number of benzene rings is 3. The molecule has 0 heterocycles. The van der Waals surface area contributed by atoms with Crippen molar-refractivity contribution in [3.63, 3.8) is 0 Å². The molecule has 0 radical (unpaired) electrons. The molecule has 0 aliphatic rings. The van der Waals surface area contributed by atoms with E-state index < -0.39 is 5.97 Å². The number of carbonyl (C=O) groups is 1. The second kappa shape index (κ2) is 8.75. The zero-order valence-corrected chi connectivity index (χ0v) is 15.8. The first-order chi connectivity index (χ1) is 13.6. The number of hydrogen-bond acceptors (Lipinski definition) is 2. The van der Waals surface area contributed by atoms with Gasteiger partial charge in [0.05, 0.1) is 12.7 Å². The monoisotopic (exact) mass is 368 g/mol. The van der Waals surface area contributed by atoms with Gasteiger partial charge in [-0.1, -0.05) is 53.8 Å². The lowest BCUT2D eigenvalue weighted by atomic mass is 9.97. The molecule has 0 saturated heterocycles. The number of ether oxygens (including phenoxy) is 1. The van der Waals surface area contributed by atoms with Gasteiger partial charge in [-0.2, -0.15) is 0 Å². The molecular formula is C25H20O3. The van der Waals surface area contributed by atoms with Gasteiger partial charge in [0.1, 0.15) is 5.75 Å². The second-order valence-electron chi connectivity index (χ2n) is 6.27. The molecule has 138 valence electrons. The van der Waals surface area contributed by atoms with Crippen molar-refractivity contribution in [2.75, 3.05) is 7.11 Å². The van der Waals surface area contributed by atoms with Crippen molar-refractivity contribution in [2.45, 2.75) is 6.92 Å². The number of carboxylic acids is 1. The quantitative estimate of drug-likeness (QED) is 0.624. The Kier molecular flexibility index (Phi) is 5.94. The molecule has 0 atom stereocenters. The summed E-state index contributed by atoms with van der Waals surface area (Å²) in [4.78, 5) is 10.9. The molecule has 3 nitrogen and oxygen atoms in total. The number of aryl methyl sites for hydroxylation is 1. The summed E-state index contributed by atoms with van der Waals surface area (Å²) < 4.78 is 5.53. The van der Waals surface area contributed by atoms with E-state index in [1.165, 1.54) is 5.56 Å². The molecule has 3 heteroatoms. The lowest BCUT2D eigenvalue weighted by Crippen LogP contribution is -1.94. The highest BCUT2D eigenvalue weighted by atomic mass is 16.5. The largest absolute Gasteiger partial charge is 0.496 e. The third kappa shape index (κ3) is 4.49. The molecular weight excluding hydrogens is 348 g/mol. The first-order valence-corrected chi connectivity index (χ1v) is 8.84. The van der Waals surface area contributed by atoms with Crippen molar-refractivity contribution in [3.8, 4) is 28.7 Å². The van der Waals surface area contributed by atoms with Crippen molar-refractivity contribution in [1.82, 2.24) is 0 Å². The normalized spacial score (nSPS) is 10.4. The average Bonchev–Trinajstić information content (AvgIpc) is 2.72. The molecule has 0 aliphatic heterocycles. The fraction of sp³-hybridized carbons (Fsp3) is 0.0800. The maximum atomic E-state index is 10.9. The summed E-state index contributed by atoms with van der Waals surface area (Å²) in [5, 5.41) is 8.94. The Morgan fingerprint density at radius 1 is 1.00 bits per heavy atom. The Morgan fingerprint density at radius 2 is 1.71 bits per heavy atom. The number of methoxy groups -OCH3 is 1. The van der Waals surface area contributed by atoms with Gasteiger partial charge in [0.2, 0.25) is 0 Å². The first-order valence-electron chi connectivity index (χ1n) is 8.84. The lowest BCUT2D eigenvalue weighted by Gasteiger charge is -2.11. The summed E-state index contributed by atoms with van der Waals surface area (Å²) in [5.41, 5.74) is 5.36. The van der Waals surface area contributed by atoms with Gasteiger partial charge in [0.15, 0.2) is 0 Å². The van der Waals surface area contributed by atoms with Crippen LogP contribution in [-0.4, -0.2) is 18.2 Å². The number of hydrogen-bond donors (Lipinski definition) is 1. The molecule has 3 aromatic carbocycles. The highest BCUT2D eigenvalue weighted by Gasteiger charge is 2.08. The van der Waals surface area contributed by atoms with Gasteiger partial charge in [-0.3, -0.25) is 0 Å². The van der Waals surface area contributed by atoms with Crippen molar-refractivity contribution in [3.05, 3.63) is 95.1 Å². The Labute approximate surface area is 164 Å². The minimum atomic E-state index is -0.945. The predicted octanol–water partition coefficient (Wildman–Crippen LogP) is 5.43. The summed E-state index contributed by atoms with van der Waals surface area (Å²) in [6.45, 7) is 2.06. The fourth-order valence-corrected chi connectivity index (χ4v) is 2.82. The molecule has 0 fully saturated rings. The maximum Gasteiger partial charge on any atom is 0.335 e. The van der Waals surface area contributed by atoms with Gasteiger partial charge < -0.3 is 9.84 Å². The Morgan fingerprint density at radius 3 is 2.36 bits per heavy atom. The number of aromatic carboxylic acids is 1. The standard InChI is InChI=1S/C25H20O3/c1-18-10-14-20(15-11-18)22-8-5-9-24(28-2)23(22)7-4-3-6-19-12-16-21(17-13-19)25(26)27/h4-5,7-17H,1-2H3,(H,26,27). The van der Waals surface area contributed by atoms with Crippen LogP contribution < -0.4 is 4.74 Å². The van der Waals surface area contributed by atoms with Crippen LogP contribution in [0.3, 0.4) is 0 Å². The molecule has 0 spiro atoms. The van der Waals surface area contributed by atoms with Crippen LogP contribution in [0.5, 0.6) is 5.75 Å². The van der Waals surface area contributed by atoms with Crippen LogP contribution >= 0.6 is 0 Å². The van der Waals surface area contributed by atoms with Gasteiger partial charge in [-0.15, -0.1) is 0 Å². The van der Waals surface area contributed by atoms with E-state index in [1.807, 2.05) is 18.2 Å². The molecule has 3 aromatic rings. The van der Waals surface area contributed by atoms with E-state index in [0.29, 0.717) is 0 Å². The van der Waals surface area contributed by atoms with E-state index >= 15 is 0 Å². The van der Waals surface area contributed by atoms with Crippen molar-refractivity contribution in [2.24, 2.45) is 0 Å². The van der Waals surface area contributed by atoms with Crippen LogP contribution in [0.25, 0.3) is 17.2 Å². The van der Waals surface area contributed by atoms with Gasteiger partial charge in [-0.25, -0.2) is 4.79 Å². The molecule has 0 aromatic heterocycles. The minimum absolute atomic E-state index is 0.248. The molecule has 0 amide bonds. The van der Waals surface area contributed by atoms with E-state index in [4.69, 9.17) is 9.84 Å².